The molecule has 0 bridgehead atoms. The molecule has 0 aliphatic carbocycles. The number of ether oxygens (including phenoxy) is 3. The van der Waals surface area contributed by atoms with Crippen molar-refractivity contribution in [1.29, 1.82) is 0 Å². The fraction of sp³-hybridized carbons (Fsp3) is 0.316. The Morgan fingerprint density at radius 3 is 2.70 bits per heavy atom. The van der Waals surface area contributed by atoms with E-state index in [1.807, 2.05) is 25.2 Å². The van der Waals surface area contributed by atoms with Crippen molar-refractivity contribution in [2.75, 3.05) is 20.3 Å². The van der Waals surface area contributed by atoms with Gasteiger partial charge in [-0.05, 0) is 12.1 Å². The number of aromatic nitrogens is 4. The molecule has 0 aliphatic rings. The van der Waals surface area contributed by atoms with Crippen LogP contribution < -0.4 is 9.47 Å². The molecule has 0 aromatic carbocycles. The molecule has 0 saturated heterocycles. The molecule has 0 radical (unpaired) electrons. The van der Waals surface area contributed by atoms with Crippen molar-refractivity contribution in [2.45, 2.75) is 13.2 Å². The SMILES string of the molecule is COCCOc1cc(CO)c(OCc2cccnc2-c2ccnn2C)cn1. The van der Waals surface area contributed by atoms with Gasteiger partial charge >= 0.3 is 0 Å². The summed E-state index contributed by atoms with van der Waals surface area (Å²) >= 11 is 0. The van der Waals surface area contributed by atoms with Gasteiger partial charge in [0.25, 0.3) is 0 Å². The molecular weight excluding hydrogens is 348 g/mol. The summed E-state index contributed by atoms with van der Waals surface area (Å²) in [5.74, 6) is 0.914. The number of rotatable bonds is 9. The maximum Gasteiger partial charge on any atom is 0.213 e. The van der Waals surface area contributed by atoms with E-state index < -0.39 is 0 Å². The number of pyridine rings is 2. The average Bonchev–Trinajstić information content (AvgIpc) is 3.13. The Hall–Kier alpha value is -2.97. The molecule has 142 valence electrons. The van der Waals surface area contributed by atoms with Crippen molar-refractivity contribution in [1.82, 2.24) is 19.7 Å². The van der Waals surface area contributed by atoms with Crippen LogP contribution in [0.1, 0.15) is 11.1 Å². The van der Waals surface area contributed by atoms with Crippen molar-refractivity contribution < 1.29 is 19.3 Å². The molecule has 3 aromatic heterocycles. The molecule has 0 unspecified atom stereocenters. The zero-order chi connectivity index (χ0) is 19.1. The minimum atomic E-state index is -0.180. The highest BCUT2D eigenvalue weighted by atomic mass is 16.5. The summed E-state index contributed by atoms with van der Waals surface area (Å²) in [5, 5.41) is 13.8. The molecule has 3 aromatic rings. The van der Waals surface area contributed by atoms with Crippen LogP contribution in [0.3, 0.4) is 0 Å². The third kappa shape index (κ3) is 4.60. The van der Waals surface area contributed by atoms with Crippen LogP contribution >= 0.6 is 0 Å². The van der Waals surface area contributed by atoms with Crippen molar-refractivity contribution in [3.05, 3.63) is 54.0 Å². The zero-order valence-corrected chi connectivity index (χ0v) is 15.3. The molecule has 3 heterocycles. The van der Waals surface area contributed by atoms with Crippen LogP contribution in [0.5, 0.6) is 11.6 Å². The Balaban J connectivity index is 1.75. The number of methoxy groups -OCH3 is 1. The molecule has 3 rings (SSSR count). The Bertz CT molecular complexity index is 882. The first-order valence-corrected chi connectivity index (χ1v) is 8.49. The fourth-order valence-corrected chi connectivity index (χ4v) is 2.57. The number of hydrogen-bond donors (Lipinski definition) is 1. The van der Waals surface area contributed by atoms with Gasteiger partial charge in [-0.1, -0.05) is 6.07 Å². The van der Waals surface area contributed by atoms with E-state index in [1.54, 1.807) is 36.4 Å². The second-order valence-electron chi connectivity index (χ2n) is 5.77. The minimum Gasteiger partial charge on any atom is -0.487 e. The number of aliphatic hydroxyl groups is 1. The summed E-state index contributed by atoms with van der Waals surface area (Å²) in [4.78, 5) is 8.67. The summed E-state index contributed by atoms with van der Waals surface area (Å²) in [5.41, 5.74) is 3.21. The molecule has 0 spiro atoms. The molecule has 0 aliphatic heterocycles. The zero-order valence-electron chi connectivity index (χ0n) is 15.3. The van der Waals surface area contributed by atoms with Gasteiger partial charge in [-0.25, -0.2) is 4.98 Å². The Morgan fingerprint density at radius 1 is 1.07 bits per heavy atom. The van der Waals surface area contributed by atoms with Gasteiger partial charge in [-0.15, -0.1) is 0 Å². The minimum absolute atomic E-state index is 0.180. The van der Waals surface area contributed by atoms with Crippen LogP contribution in [0.4, 0.5) is 0 Å². The third-order valence-corrected chi connectivity index (χ3v) is 3.97. The maximum absolute atomic E-state index is 9.64. The van der Waals surface area contributed by atoms with Crippen LogP contribution in [0.2, 0.25) is 0 Å². The van der Waals surface area contributed by atoms with Crippen LogP contribution in [0.25, 0.3) is 11.4 Å². The Kier molecular flexibility index (Phi) is 6.35. The smallest absolute Gasteiger partial charge is 0.213 e. The largest absolute Gasteiger partial charge is 0.487 e. The normalized spacial score (nSPS) is 10.8. The lowest BCUT2D eigenvalue weighted by molar-refractivity contribution is 0.143. The van der Waals surface area contributed by atoms with Gasteiger partial charge in [0.15, 0.2) is 0 Å². The highest BCUT2D eigenvalue weighted by Crippen LogP contribution is 2.25. The van der Waals surface area contributed by atoms with Crippen LogP contribution in [-0.2, 0) is 25.0 Å². The predicted octanol–water partition coefficient (Wildman–Crippen LogP) is 1.97. The first-order chi connectivity index (χ1) is 13.2. The summed E-state index contributed by atoms with van der Waals surface area (Å²) in [6.45, 7) is 0.956. The molecule has 0 atom stereocenters. The molecule has 0 saturated carbocycles. The third-order valence-electron chi connectivity index (χ3n) is 3.97. The van der Waals surface area contributed by atoms with Gasteiger partial charge < -0.3 is 19.3 Å². The quantitative estimate of drug-likeness (QED) is 0.576. The first-order valence-electron chi connectivity index (χ1n) is 8.49. The highest BCUT2D eigenvalue weighted by Gasteiger charge is 2.12. The fourth-order valence-electron chi connectivity index (χ4n) is 2.57. The van der Waals surface area contributed by atoms with Crippen molar-refractivity contribution >= 4 is 0 Å². The van der Waals surface area contributed by atoms with E-state index in [4.69, 9.17) is 14.2 Å². The van der Waals surface area contributed by atoms with Crippen molar-refractivity contribution in [2.24, 2.45) is 7.05 Å². The van der Waals surface area contributed by atoms with E-state index in [9.17, 15) is 5.11 Å². The van der Waals surface area contributed by atoms with Gasteiger partial charge in [-0.2, -0.15) is 5.10 Å². The van der Waals surface area contributed by atoms with E-state index in [1.165, 1.54) is 0 Å². The van der Waals surface area contributed by atoms with Crippen molar-refractivity contribution in [3.8, 4) is 23.0 Å². The lowest BCUT2D eigenvalue weighted by atomic mass is 10.1. The van der Waals surface area contributed by atoms with Gasteiger partial charge in [0.05, 0.1) is 30.8 Å². The topological polar surface area (TPSA) is 91.5 Å². The Morgan fingerprint density at radius 2 is 1.96 bits per heavy atom. The molecule has 0 fully saturated rings. The van der Waals surface area contributed by atoms with Gasteiger partial charge in [0, 0.05) is 43.7 Å². The monoisotopic (exact) mass is 370 g/mol. The van der Waals surface area contributed by atoms with E-state index in [2.05, 4.69) is 15.1 Å². The molecule has 8 nitrogen and oxygen atoms in total. The van der Waals surface area contributed by atoms with Crippen LogP contribution in [-0.4, -0.2) is 45.2 Å². The number of aliphatic hydroxyl groups excluding tert-OH is 1. The number of aryl methyl sites for hydroxylation is 1. The summed E-state index contributed by atoms with van der Waals surface area (Å²) in [6.07, 6.45) is 5.01. The van der Waals surface area contributed by atoms with Gasteiger partial charge in [-0.3, -0.25) is 9.67 Å². The summed E-state index contributed by atoms with van der Waals surface area (Å²) < 4.78 is 18.1. The molecule has 8 heteroatoms. The molecule has 27 heavy (non-hydrogen) atoms. The van der Waals surface area contributed by atoms with Crippen LogP contribution in [0.15, 0.2) is 42.9 Å². The predicted molar refractivity (Wildman–Crippen MR) is 98.3 cm³/mol. The summed E-state index contributed by atoms with van der Waals surface area (Å²) in [6, 6.07) is 7.37. The van der Waals surface area contributed by atoms with Gasteiger partial charge in [0.1, 0.15) is 19.0 Å². The van der Waals surface area contributed by atoms with E-state index in [-0.39, 0.29) is 13.2 Å². The average molecular weight is 370 g/mol. The lowest BCUT2D eigenvalue weighted by Crippen LogP contribution is -2.07. The molecular formula is C19H22N4O4. The highest BCUT2D eigenvalue weighted by molar-refractivity contribution is 5.58. The maximum atomic E-state index is 9.64. The molecule has 1 N–H and O–H groups in total. The van der Waals surface area contributed by atoms with E-state index in [0.29, 0.717) is 30.4 Å². The van der Waals surface area contributed by atoms with Crippen LogP contribution in [0, 0.1) is 0 Å². The molecule has 0 amide bonds. The number of nitrogens with zero attached hydrogens (tertiary/aromatic N) is 4. The summed E-state index contributed by atoms with van der Waals surface area (Å²) in [7, 11) is 3.47. The lowest BCUT2D eigenvalue weighted by Gasteiger charge is -2.13. The van der Waals surface area contributed by atoms with Gasteiger partial charge in [0.2, 0.25) is 5.88 Å². The Labute approximate surface area is 157 Å². The second kappa shape index (κ2) is 9.11. The second-order valence-corrected chi connectivity index (χ2v) is 5.77. The van der Waals surface area contributed by atoms with E-state index in [0.717, 1.165) is 17.0 Å². The first kappa shape index (κ1) is 18.8. The van der Waals surface area contributed by atoms with E-state index >= 15 is 0 Å². The number of hydrogen-bond acceptors (Lipinski definition) is 7. The standard InChI is InChI=1S/C19H22N4O4/c1-23-16(5-7-22-23)19-14(4-3-6-20-19)13-27-17-11-21-18(10-15(17)12-24)26-9-8-25-2/h3-7,10-11,24H,8-9,12-13H2,1-2H3. The van der Waals surface area contributed by atoms with Crippen molar-refractivity contribution in [3.63, 3.8) is 0 Å².